The van der Waals surface area contributed by atoms with E-state index in [0.29, 0.717) is 0 Å². The molecule has 0 fully saturated rings. The van der Waals surface area contributed by atoms with Crippen molar-refractivity contribution < 1.29 is 0 Å². The Morgan fingerprint density at radius 3 is 1.80 bits per heavy atom. The smallest absolute Gasteiger partial charge is 0.0701 e. The van der Waals surface area contributed by atoms with Crippen LogP contribution in [0.4, 0.5) is 0 Å². The van der Waals surface area contributed by atoms with Gasteiger partial charge in [-0.05, 0) is 75.5 Å². The van der Waals surface area contributed by atoms with Crippen LogP contribution in [-0.2, 0) is 0 Å². The van der Waals surface area contributed by atoms with Crippen molar-refractivity contribution in [1.29, 1.82) is 0 Å². The Kier molecular flexibility index (Phi) is 4.71. The molecular formula is C33H21NS. The molecular weight excluding hydrogens is 442 g/mol. The molecule has 35 heavy (non-hydrogen) atoms. The predicted octanol–water partition coefficient (Wildman–Crippen LogP) is 9.60. The molecule has 0 radical (unpaired) electrons. The maximum absolute atomic E-state index is 4.45. The highest BCUT2D eigenvalue weighted by atomic mass is 32.1. The van der Waals surface area contributed by atoms with E-state index in [4.69, 9.17) is 0 Å². The Morgan fingerprint density at radius 2 is 1.03 bits per heavy atom. The summed E-state index contributed by atoms with van der Waals surface area (Å²) in [6.07, 6.45) is 1.83. The third-order valence-corrected chi connectivity index (χ3v) is 7.88. The third-order valence-electron chi connectivity index (χ3n) is 6.73. The fourth-order valence-electron chi connectivity index (χ4n) is 4.88. The van der Waals surface area contributed by atoms with E-state index < -0.39 is 0 Å². The van der Waals surface area contributed by atoms with E-state index in [1.165, 1.54) is 53.2 Å². The van der Waals surface area contributed by atoms with Gasteiger partial charge in [0.1, 0.15) is 0 Å². The first-order chi connectivity index (χ1) is 17.3. The molecule has 7 aromatic rings. The molecule has 0 unspecified atom stereocenters. The van der Waals surface area contributed by atoms with Gasteiger partial charge in [-0.2, -0.15) is 0 Å². The molecule has 0 aliphatic heterocycles. The van der Waals surface area contributed by atoms with E-state index in [2.05, 4.69) is 108 Å². The molecule has 0 aliphatic rings. The van der Waals surface area contributed by atoms with E-state index in [1.807, 2.05) is 35.7 Å². The van der Waals surface area contributed by atoms with Crippen molar-refractivity contribution in [3.8, 4) is 33.5 Å². The van der Waals surface area contributed by atoms with Gasteiger partial charge in [-0.3, -0.25) is 4.98 Å². The number of thiophene rings is 1. The van der Waals surface area contributed by atoms with Crippen LogP contribution in [0.15, 0.2) is 128 Å². The first-order valence-electron chi connectivity index (χ1n) is 11.8. The lowest BCUT2D eigenvalue weighted by atomic mass is 9.96. The summed E-state index contributed by atoms with van der Waals surface area (Å²) in [5.74, 6) is 0. The first-order valence-corrected chi connectivity index (χ1v) is 12.6. The van der Waals surface area contributed by atoms with Crippen LogP contribution in [0.2, 0.25) is 0 Å². The molecule has 5 aromatic carbocycles. The minimum absolute atomic E-state index is 0.999. The Labute approximate surface area is 208 Å². The molecule has 7 rings (SSSR count). The van der Waals surface area contributed by atoms with Gasteiger partial charge in [0.25, 0.3) is 0 Å². The second-order valence-corrected chi connectivity index (χ2v) is 9.96. The molecule has 0 amide bonds. The highest BCUT2D eigenvalue weighted by Gasteiger charge is 2.08. The summed E-state index contributed by atoms with van der Waals surface area (Å²) in [6.45, 7) is 0. The van der Waals surface area contributed by atoms with Crippen LogP contribution in [0, 0.1) is 0 Å². The summed E-state index contributed by atoms with van der Waals surface area (Å²) in [6, 6.07) is 43.7. The second-order valence-electron chi connectivity index (χ2n) is 8.88. The number of hydrogen-bond acceptors (Lipinski definition) is 2. The normalized spacial score (nSPS) is 11.4. The van der Waals surface area contributed by atoms with Crippen molar-refractivity contribution >= 4 is 42.3 Å². The van der Waals surface area contributed by atoms with Crippen molar-refractivity contribution in [3.05, 3.63) is 128 Å². The molecule has 0 bridgehead atoms. The van der Waals surface area contributed by atoms with Gasteiger partial charge in [-0.25, -0.2) is 0 Å². The summed E-state index contributed by atoms with van der Waals surface area (Å²) in [7, 11) is 0. The minimum Gasteiger partial charge on any atom is -0.256 e. The summed E-state index contributed by atoms with van der Waals surface area (Å²) < 4.78 is 2.69. The van der Waals surface area contributed by atoms with Gasteiger partial charge in [0.15, 0.2) is 0 Å². The average molecular weight is 464 g/mol. The Balaban J connectivity index is 1.23. The van der Waals surface area contributed by atoms with Gasteiger partial charge < -0.3 is 0 Å². The lowest BCUT2D eigenvalue weighted by Gasteiger charge is -2.08. The van der Waals surface area contributed by atoms with E-state index >= 15 is 0 Å². The van der Waals surface area contributed by atoms with Crippen LogP contribution in [-0.4, -0.2) is 4.98 Å². The highest BCUT2D eigenvalue weighted by Crippen LogP contribution is 2.37. The minimum atomic E-state index is 0.999. The van der Waals surface area contributed by atoms with Crippen LogP contribution in [0.3, 0.4) is 0 Å². The number of aromatic nitrogens is 1. The number of fused-ring (bicyclic) bond motifs is 4. The van der Waals surface area contributed by atoms with E-state index in [1.54, 1.807) is 0 Å². The third kappa shape index (κ3) is 3.60. The van der Waals surface area contributed by atoms with Gasteiger partial charge in [-0.1, -0.05) is 78.9 Å². The number of pyridine rings is 1. The number of rotatable bonds is 3. The van der Waals surface area contributed by atoms with Gasteiger partial charge in [0.05, 0.1) is 5.69 Å². The van der Waals surface area contributed by atoms with Gasteiger partial charge >= 0.3 is 0 Å². The van der Waals surface area contributed by atoms with Crippen LogP contribution >= 0.6 is 11.3 Å². The van der Waals surface area contributed by atoms with E-state index in [-0.39, 0.29) is 0 Å². The SMILES string of the molecule is c1ccc(-c2ccc(-c3ccc4cc(-c5ccc6sc7ccccc7c6c5)ccc4c3)cc2)nc1. The zero-order valence-electron chi connectivity index (χ0n) is 19.0. The molecule has 0 saturated carbocycles. The number of nitrogens with zero attached hydrogens (tertiary/aromatic N) is 1. The monoisotopic (exact) mass is 463 g/mol. The van der Waals surface area contributed by atoms with E-state index in [9.17, 15) is 0 Å². The Hall–Kier alpha value is -4.27. The molecule has 0 aliphatic carbocycles. The summed E-state index contributed by atoms with van der Waals surface area (Å²) in [5, 5.41) is 5.19. The summed E-state index contributed by atoms with van der Waals surface area (Å²) >= 11 is 1.86. The molecule has 2 heteroatoms. The number of hydrogen-bond donors (Lipinski definition) is 0. The van der Waals surface area contributed by atoms with Gasteiger partial charge in [0.2, 0.25) is 0 Å². The Bertz CT molecular complexity index is 1830. The first kappa shape index (κ1) is 20.1. The van der Waals surface area contributed by atoms with Gasteiger partial charge in [-0.15, -0.1) is 11.3 Å². The summed E-state index contributed by atoms with van der Waals surface area (Å²) in [5.41, 5.74) is 7.09. The van der Waals surface area contributed by atoms with Crippen molar-refractivity contribution in [1.82, 2.24) is 4.98 Å². The topological polar surface area (TPSA) is 12.9 Å². The second kappa shape index (κ2) is 8.19. The highest BCUT2D eigenvalue weighted by molar-refractivity contribution is 7.25. The van der Waals surface area contributed by atoms with Crippen molar-refractivity contribution in [3.63, 3.8) is 0 Å². The molecule has 0 saturated heterocycles. The van der Waals surface area contributed by atoms with Crippen molar-refractivity contribution in [2.45, 2.75) is 0 Å². The molecule has 1 nitrogen and oxygen atoms in total. The standard InChI is InChI=1S/C33H21NS/c1-2-7-32-29(5-1)30-21-28(16-17-33(30)35-32)27-15-14-25-19-24(12-13-26(25)20-27)22-8-10-23(11-9-22)31-6-3-4-18-34-31/h1-21H. The van der Waals surface area contributed by atoms with E-state index in [0.717, 1.165) is 11.3 Å². The van der Waals surface area contributed by atoms with Gasteiger partial charge in [0, 0.05) is 31.9 Å². The average Bonchev–Trinajstić information content (AvgIpc) is 3.31. The molecule has 0 N–H and O–H groups in total. The quantitative estimate of drug-likeness (QED) is 0.254. The molecule has 2 heterocycles. The lowest BCUT2D eigenvalue weighted by molar-refractivity contribution is 1.33. The van der Waals surface area contributed by atoms with Crippen LogP contribution in [0.5, 0.6) is 0 Å². The predicted molar refractivity (Wildman–Crippen MR) is 151 cm³/mol. The summed E-state index contributed by atoms with van der Waals surface area (Å²) in [4.78, 5) is 4.45. The largest absolute Gasteiger partial charge is 0.256 e. The number of benzene rings is 5. The Morgan fingerprint density at radius 1 is 0.429 bits per heavy atom. The van der Waals surface area contributed by atoms with Crippen LogP contribution in [0.1, 0.15) is 0 Å². The van der Waals surface area contributed by atoms with Crippen LogP contribution in [0.25, 0.3) is 64.5 Å². The molecule has 2 aromatic heterocycles. The maximum atomic E-state index is 4.45. The lowest BCUT2D eigenvalue weighted by Crippen LogP contribution is -1.84. The van der Waals surface area contributed by atoms with Crippen LogP contribution < -0.4 is 0 Å². The zero-order valence-corrected chi connectivity index (χ0v) is 19.8. The van der Waals surface area contributed by atoms with Crippen molar-refractivity contribution in [2.24, 2.45) is 0 Å². The molecule has 164 valence electrons. The molecule has 0 atom stereocenters. The fourth-order valence-corrected chi connectivity index (χ4v) is 5.96. The van der Waals surface area contributed by atoms with Crippen molar-refractivity contribution in [2.75, 3.05) is 0 Å². The maximum Gasteiger partial charge on any atom is 0.0701 e. The zero-order chi connectivity index (χ0) is 23.2. The molecule has 0 spiro atoms. The fraction of sp³-hybridized carbons (Fsp3) is 0.